The van der Waals surface area contributed by atoms with Crippen LogP contribution < -0.4 is 0 Å². The molecule has 2 aromatic carbocycles. The van der Waals surface area contributed by atoms with Gasteiger partial charge in [0.05, 0.1) is 23.5 Å². The van der Waals surface area contributed by atoms with Crippen molar-refractivity contribution in [3.63, 3.8) is 0 Å². The molecule has 0 spiro atoms. The average Bonchev–Trinajstić information content (AvgIpc) is 3.33. The minimum absolute atomic E-state index is 0.139. The van der Waals surface area contributed by atoms with E-state index in [1.165, 1.54) is 23.2 Å². The van der Waals surface area contributed by atoms with E-state index >= 15 is 0 Å². The van der Waals surface area contributed by atoms with Gasteiger partial charge < -0.3 is 0 Å². The lowest BCUT2D eigenvalue weighted by Gasteiger charge is -2.22. The predicted octanol–water partition coefficient (Wildman–Crippen LogP) is 4.75. The van der Waals surface area contributed by atoms with Crippen LogP contribution in [-0.4, -0.2) is 26.9 Å². The predicted molar refractivity (Wildman–Crippen MR) is 107 cm³/mol. The SMILES string of the molecule is C=C(CCC(=O)N1N=CCC1c1cc(F)cc(F)c1)Cn1cc2c(F)cccc2n1. The quantitative estimate of drug-likeness (QED) is 0.549. The minimum Gasteiger partial charge on any atom is -0.273 e. The highest BCUT2D eigenvalue weighted by Gasteiger charge is 2.28. The van der Waals surface area contributed by atoms with Gasteiger partial charge in [-0.15, -0.1) is 0 Å². The van der Waals surface area contributed by atoms with Crippen molar-refractivity contribution in [1.29, 1.82) is 0 Å². The summed E-state index contributed by atoms with van der Waals surface area (Å²) in [6.07, 6.45) is 4.08. The number of halogens is 3. The lowest BCUT2D eigenvalue weighted by Crippen LogP contribution is -2.27. The standard InChI is InChI=1S/C22H19F3N4O/c1-14(12-28-13-18-19(25)3-2-4-20(18)27-28)5-6-22(30)29-21(7-8-26-29)15-9-16(23)11-17(24)10-15/h2-4,8-11,13,21H,1,5-7,12H2. The Kier molecular flexibility index (Phi) is 5.39. The van der Waals surface area contributed by atoms with Gasteiger partial charge in [-0.2, -0.15) is 10.2 Å². The summed E-state index contributed by atoms with van der Waals surface area (Å²) in [5.41, 5.74) is 1.66. The van der Waals surface area contributed by atoms with E-state index < -0.39 is 17.7 Å². The number of nitrogens with zero attached hydrogens (tertiary/aromatic N) is 4. The molecule has 0 N–H and O–H groups in total. The third-order valence-electron chi connectivity index (χ3n) is 4.98. The molecule has 4 rings (SSSR count). The molecule has 0 bridgehead atoms. The van der Waals surface area contributed by atoms with Crippen LogP contribution in [0.4, 0.5) is 13.2 Å². The van der Waals surface area contributed by atoms with Gasteiger partial charge in [-0.1, -0.05) is 18.2 Å². The van der Waals surface area contributed by atoms with Crippen molar-refractivity contribution in [2.24, 2.45) is 5.10 Å². The molecule has 1 aliphatic heterocycles. The van der Waals surface area contributed by atoms with Crippen molar-refractivity contribution in [2.45, 2.75) is 31.8 Å². The summed E-state index contributed by atoms with van der Waals surface area (Å²) >= 11 is 0. The first-order valence-electron chi connectivity index (χ1n) is 9.49. The summed E-state index contributed by atoms with van der Waals surface area (Å²) in [6.45, 7) is 4.33. The van der Waals surface area contributed by atoms with Crippen molar-refractivity contribution >= 4 is 23.0 Å². The maximum absolute atomic E-state index is 13.8. The fourth-order valence-corrected chi connectivity index (χ4v) is 3.54. The lowest BCUT2D eigenvalue weighted by molar-refractivity contribution is -0.133. The Balaban J connectivity index is 1.37. The van der Waals surface area contributed by atoms with E-state index in [1.807, 2.05) is 0 Å². The van der Waals surface area contributed by atoms with Gasteiger partial charge in [-0.25, -0.2) is 18.2 Å². The molecular weight excluding hydrogens is 393 g/mol. The molecule has 8 heteroatoms. The highest BCUT2D eigenvalue weighted by atomic mass is 19.1. The molecule has 1 aromatic heterocycles. The number of fused-ring (bicyclic) bond motifs is 1. The Hall–Kier alpha value is -3.42. The number of amides is 1. The number of benzene rings is 2. The van der Waals surface area contributed by atoms with Crippen LogP contribution in [0.3, 0.4) is 0 Å². The second-order valence-corrected chi connectivity index (χ2v) is 7.24. The van der Waals surface area contributed by atoms with E-state index in [1.54, 1.807) is 29.2 Å². The van der Waals surface area contributed by atoms with Crippen molar-refractivity contribution in [3.05, 3.63) is 77.8 Å². The second-order valence-electron chi connectivity index (χ2n) is 7.24. The molecule has 0 saturated heterocycles. The van der Waals surface area contributed by atoms with E-state index in [9.17, 15) is 18.0 Å². The number of allylic oxidation sites excluding steroid dienone is 1. The fourth-order valence-electron chi connectivity index (χ4n) is 3.54. The zero-order valence-electron chi connectivity index (χ0n) is 16.1. The molecule has 0 saturated carbocycles. The summed E-state index contributed by atoms with van der Waals surface area (Å²) in [6, 6.07) is 7.38. The zero-order chi connectivity index (χ0) is 21.3. The molecule has 154 valence electrons. The summed E-state index contributed by atoms with van der Waals surface area (Å²) in [5.74, 6) is -2.00. The van der Waals surface area contributed by atoms with Crippen LogP contribution in [0.25, 0.3) is 10.9 Å². The van der Waals surface area contributed by atoms with Crippen molar-refractivity contribution in [3.8, 4) is 0 Å². The monoisotopic (exact) mass is 412 g/mol. The first-order chi connectivity index (χ1) is 14.4. The molecule has 1 unspecified atom stereocenters. The van der Waals surface area contributed by atoms with E-state index in [0.717, 1.165) is 11.6 Å². The van der Waals surface area contributed by atoms with Crippen LogP contribution in [-0.2, 0) is 11.3 Å². The van der Waals surface area contributed by atoms with Crippen LogP contribution in [0.1, 0.15) is 30.9 Å². The Morgan fingerprint density at radius 3 is 2.63 bits per heavy atom. The van der Waals surface area contributed by atoms with E-state index in [4.69, 9.17) is 0 Å². The Labute approximate surface area is 171 Å². The molecule has 1 atom stereocenters. The largest absolute Gasteiger partial charge is 0.273 e. The molecule has 3 aromatic rings. The molecule has 2 heterocycles. The number of aromatic nitrogens is 2. The molecule has 0 aliphatic carbocycles. The van der Waals surface area contributed by atoms with E-state index in [-0.39, 0.29) is 18.1 Å². The summed E-state index contributed by atoms with van der Waals surface area (Å²) in [4.78, 5) is 12.7. The molecular formula is C22H19F3N4O. The van der Waals surface area contributed by atoms with Crippen molar-refractivity contribution < 1.29 is 18.0 Å². The van der Waals surface area contributed by atoms with Crippen LogP contribution in [0.15, 0.2) is 59.8 Å². The summed E-state index contributed by atoms with van der Waals surface area (Å²) in [7, 11) is 0. The normalized spacial score (nSPS) is 15.8. The zero-order valence-corrected chi connectivity index (χ0v) is 16.1. The summed E-state index contributed by atoms with van der Waals surface area (Å²) in [5, 5.41) is 10.1. The van der Waals surface area contributed by atoms with E-state index in [2.05, 4.69) is 16.8 Å². The van der Waals surface area contributed by atoms with E-state index in [0.29, 0.717) is 35.9 Å². The highest BCUT2D eigenvalue weighted by Crippen LogP contribution is 2.30. The smallest absolute Gasteiger partial charge is 0.243 e. The molecule has 0 radical (unpaired) electrons. The molecule has 5 nitrogen and oxygen atoms in total. The van der Waals surface area contributed by atoms with Crippen LogP contribution >= 0.6 is 0 Å². The third kappa shape index (κ3) is 4.12. The van der Waals surface area contributed by atoms with Crippen molar-refractivity contribution in [2.75, 3.05) is 0 Å². The first-order valence-corrected chi connectivity index (χ1v) is 9.49. The number of carbonyl (C=O) groups is 1. The van der Waals surface area contributed by atoms with Crippen LogP contribution in [0, 0.1) is 17.5 Å². The number of carbonyl (C=O) groups excluding carboxylic acids is 1. The summed E-state index contributed by atoms with van der Waals surface area (Å²) < 4.78 is 42.5. The minimum atomic E-state index is -0.694. The number of hydrogen-bond donors (Lipinski definition) is 0. The molecule has 1 amide bonds. The number of rotatable bonds is 6. The number of hydrazone groups is 1. The average molecular weight is 412 g/mol. The third-order valence-corrected chi connectivity index (χ3v) is 4.98. The van der Waals surface area contributed by atoms with Gasteiger partial charge in [-0.3, -0.25) is 9.48 Å². The van der Waals surface area contributed by atoms with Gasteiger partial charge in [0, 0.05) is 31.3 Å². The molecule has 1 aliphatic rings. The lowest BCUT2D eigenvalue weighted by atomic mass is 10.0. The Morgan fingerprint density at radius 2 is 1.90 bits per heavy atom. The van der Waals surface area contributed by atoms with Gasteiger partial charge >= 0.3 is 0 Å². The maximum Gasteiger partial charge on any atom is 0.243 e. The second kappa shape index (κ2) is 8.14. The van der Waals surface area contributed by atoms with Gasteiger partial charge in [0.1, 0.15) is 17.5 Å². The van der Waals surface area contributed by atoms with Gasteiger partial charge in [0.25, 0.3) is 0 Å². The topological polar surface area (TPSA) is 50.5 Å². The van der Waals surface area contributed by atoms with Crippen molar-refractivity contribution in [1.82, 2.24) is 14.8 Å². The van der Waals surface area contributed by atoms with Crippen LogP contribution in [0.5, 0.6) is 0 Å². The fraction of sp³-hybridized carbons (Fsp3) is 0.227. The Morgan fingerprint density at radius 1 is 1.13 bits per heavy atom. The van der Waals surface area contributed by atoms with Crippen LogP contribution in [0.2, 0.25) is 0 Å². The first kappa shape index (κ1) is 19.9. The van der Waals surface area contributed by atoms with Gasteiger partial charge in [0.2, 0.25) is 5.91 Å². The van der Waals surface area contributed by atoms with Gasteiger partial charge in [0.15, 0.2) is 0 Å². The maximum atomic E-state index is 13.8. The Bertz CT molecular complexity index is 1130. The number of hydrogen-bond acceptors (Lipinski definition) is 3. The highest BCUT2D eigenvalue weighted by molar-refractivity contribution is 5.80. The molecule has 30 heavy (non-hydrogen) atoms. The molecule has 0 fully saturated rings. The van der Waals surface area contributed by atoms with Gasteiger partial charge in [-0.05, 0) is 36.2 Å².